The minimum absolute atomic E-state index is 0.0307. The number of hydrogen-bond donors (Lipinski definition) is 0. The molecule has 0 unspecified atom stereocenters. The van der Waals surface area contributed by atoms with Gasteiger partial charge in [-0.2, -0.15) is 36.9 Å². The van der Waals surface area contributed by atoms with Crippen molar-refractivity contribution in [3.05, 3.63) is 58.7 Å². The van der Waals surface area contributed by atoms with Crippen LogP contribution in [0.4, 0.5) is 37.7 Å². The van der Waals surface area contributed by atoms with Crippen molar-refractivity contribution >= 4 is 35.0 Å². The highest BCUT2D eigenvalue weighted by atomic mass is 19.4. The molecule has 4 bridgehead atoms. The summed E-state index contributed by atoms with van der Waals surface area (Å²) in [7, 11) is 6.76. The maximum Gasteiger partial charge on any atom is 0.417 e. The Morgan fingerprint density at radius 1 is 0.682 bits per heavy atom. The lowest BCUT2D eigenvalue weighted by Crippen LogP contribution is -2.55. The van der Waals surface area contributed by atoms with Gasteiger partial charge in [-0.15, -0.1) is 0 Å². The number of amides is 4. The van der Waals surface area contributed by atoms with Crippen LogP contribution in [0.5, 0.6) is 0 Å². The van der Waals surface area contributed by atoms with Crippen molar-refractivity contribution in [1.29, 1.82) is 10.5 Å². The van der Waals surface area contributed by atoms with E-state index in [9.17, 15) is 45.5 Å². The lowest BCUT2D eigenvalue weighted by atomic mass is 9.60. The fourth-order valence-corrected chi connectivity index (χ4v) is 13.1. The third-order valence-electron chi connectivity index (χ3n) is 15.6. The van der Waals surface area contributed by atoms with Crippen LogP contribution in [0, 0.1) is 58.2 Å². The summed E-state index contributed by atoms with van der Waals surface area (Å²) in [4.78, 5) is 57.9. The van der Waals surface area contributed by atoms with E-state index in [0.29, 0.717) is 25.7 Å². The molecule has 20 heteroatoms. The molecule has 12 atom stereocenters. The van der Waals surface area contributed by atoms with Crippen LogP contribution in [0.15, 0.2) is 36.4 Å². The van der Waals surface area contributed by atoms with Gasteiger partial charge in [0.25, 0.3) is 0 Å². The molecule has 0 aliphatic carbocycles. The van der Waals surface area contributed by atoms with Crippen molar-refractivity contribution in [1.82, 2.24) is 9.80 Å². The molecule has 0 saturated carbocycles. The van der Waals surface area contributed by atoms with Gasteiger partial charge in [0, 0.05) is 77.1 Å². The van der Waals surface area contributed by atoms with Crippen molar-refractivity contribution in [2.45, 2.75) is 99.6 Å². The summed E-state index contributed by atoms with van der Waals surface area (Å²) in [5.41, 5.74) is -6.20. The van der Waals surface area contributed by atoms with Gasteiger partial charge in [-0.1, -0.05) is 0 Å². The Labute approximate surface area is 376 Å². The first-order valence-corrected chi connectivity index (χ1v) is 21.8. The van der Waals surface area contributed by atoms with E-state index in [0.717, 1.165) is 24.3 Å². The molecule has 8 saturated heterocycles. The van der Waals surface area contributed by atoms with Gasteiger partial charge in [0.15, 0.2) is 0 Å². The van der Waals surface area contributed by atoms with E-state index in [2.05, 4.69) is 0 Å². The Bertz CT molecular complexity index is 2340. The first kappa shape index (κ1) is 45.9. The van der Waals surface area contributed by atoms with Gasteiger partial charge in [0.1, 0.15) is 12.5 Å². The fraction of sp³-hybridized carbons (Fsp3) is 0.609. The monoisotopic (exact) mass is 926 g/mol. The highest BCUT2D eigenvalue weighted by Crippen LogP contribution is 2.69. The molecular formula is C46H48F6N6O8. The topological polar surface area (TPSA) is 166 Å². The van der Waals surface area contributed by atoms with Gasteiger partial charge in [-0.05, 0) is 74.9 Å². The zero-order chi connectivity index (χ0) is 47.8. The van der Waals surface area contributed by atoms with Crippen LogP contribution in [0.1, 0.15) is 74.6 Å². The average molecular weight is 927 g/mol. The lowest BCUT2D eigenvalue weighted by Gasteiger charge is -2.45. The van der Waals surface area contributed by atoms with Crippen LogP contribution in [0.3, 0.4) is 0 Å². The number of ether oxygens (including phenoxy) is 4. The van der Waals surface area contributed by atoms with Crippen molar-refractivity contribution < 1.29 is 64.5 Å². The summed E-state index contributed by atoms with van der Waals surface area (Å²) >= 11 is 0. The van der Waals surface area contributed by atoms with Crippen LogP contribution in [-0.2, 0) is 50.5 Å². The Balaban J connectivity index is 0.000000166. The number of hydrogen-bond acceptors (Lipinski definition) is 10. The summed E-state index contributed by atoms with van der Waals surface area (Å²) < 4.78 is 106. The highest BCUT2D eigenvalue weighted by Gasteiger charge is 2.79. The second-order valence-corrected chi connectivity index (χ2v) is 19.7. The van der Waals surface area contributed by atoms with Crippen LogP contribution < -0.4 is 9.80 Å². The Kier molecular flexibility index (Phi) is 10.5. The third kappa shape index (κ3) is 6.56. The number of nitriles is 2. The van der Waals surface area contributed by atoms with E-state index in [-0.39, 0.29) is 84.7 Å². The average Bonchev–Trinajstić information content (AvgIpc) is 4.03. The highest BCUT2D eigenvalue weighted by molar-refractivity contribution is 6.01. The quantitative estimate of drug-likeness (QED) is 0.321. The van der Waals surface area contributed by atoms with Crippen LogP contribution in [-0.4, -0.2) is 110 Å². The molecule has 2 aromatic carbocycles. The Morgan fingerprint density at radius 3 is 1.36 bits per heavy atom. The van der Waals surface area contributed by atoms with E-state index in [1.54, 1.807) is 40.3 Å². The molecule has 4 amide bonds. The molecule has 0 aromatic heterocycles. The Hall–Kier alpha value is -5.28. The number of fused-ring (bicyclic) bond motifs is 4. The van der Waals surface area contributed by atoms with Gasteiger partial charge in [-0.25, -0.2) is 0 Å². The molecule has 10 rings (SSSR count). The predicted octanol–water partition coefficient (Wildman–Crippen LogP) is 5.86. The van der Waals surface area contributed by atoms with Gasteiger partial charge in [0.05, 0.1) is 81.8 Å². The van der Waals surface area contributed by atoms with Crippen LogP contribution in [0.2, 0.25) is 0 Å². The van der Waals surface area contributed by atoms with E-state index < -0.39 is 81.3 Å². The van der Waals surface area contributed by atoms with Gasteiger partial charge < -0.3 is 28.7 Å². The van der Waals surface area contributed by atoms with Crippen LogP contribution >= 0.6 is 0 Å². The molecule has 0 radical (unpaired) electrons. The SMILES string of the molecule is CN(C)C(=O)C[C@@H]1C[C@@]2(C)O[C@@]13CCO[C@H]1[C@@H]3[C@@H]2C(=O)N1c1ccc(C#N)c(C(F)(F)F)c1.CN(C)C(=O)C[C@H]1C[C@@]2(C)O[C@@]13CCO[C@H]1[C@@H]3[C@@H]2C(=O)N1c1ccc(C#N)c(C(F)(F)F)c1. The molecule has 0 N–H and O–H groups in total. The maximum absolute atomic E-state index is 13.6. The number of halogens is 6. The molecule has 8 aliphatic heterocycles. The zero-order valence-corrected chi connectivity index (χ0v) is 37.0. The molecular weight excluding hydrogens is 879 g/mol. The molecule has 14 nitrogen and oxygen atoms in total. The fourth-order valence-electron chi connectivity index (χ4n) is 13.1. The summed E-state index contributed by atoms with van der Waals surface area (Å²) in [6.45, 7) is 4.25. The first-order valence-electron chi connectivity index (χ1n) is 21.8. The summed E-state index contributed by atoms with van der Waals surface area (Å²) in [5.74, 6) is -2.87. The molecule has 2 aromatic rings. The number of carbonyl (C=O) groups is 4. The standard InChI is InChI=1S/2C23H24F3N3O4/c2*1-21-10-13(8-16(30)28(2)3)22(33-21)6-7-32-20-18(22)17(21)19(31)29(20)14-5-4-12(11-27)15(9-14)23(24,25)26/h2*4-5,9,13,17-18,20H,6-8,10H2,1-3H3/t13-,17+,18-,20-,21+,22-;13-,17-,18+,20+,21-,22+/m01/s1. The summed E-state index contributed by atoms with van der Waals surface area (Å²) in [5, 5.41) is 18.2. The number of benzene rings is 2. The Morgan fingerprint density at radius 2 is 1.05 bits per heavy atom. The maximum atomic E-state index is 13.6. The van der Waals surface area contributed by atoms with E-state index in [4.69, 9.17) is 29.5 Å². The summed E-state index contributed by atoms with van der Waals surface area (Å²) in [6, 6.07) is 9.71. The minimum Gasteiger partial charge on any atom is -0.367 e. The molecule has 8 heterocycles. The number of rotatable bonds is 6. The smallest absolute Gasteiger partial charge is 0.367 e. The minimum atomic E-state index is -4.74. The predicted molar refractivity (Wildman–Crippen MR) is 217 cm³/mol. The number of anilines is 2. The molecule has 352 valence electrons. The number of nitrogens with zero attached hydrogens (tertiary/aromatic N) is 6. The van der Waals surface area contributed by atoms with Crippen LogP contribution in [0.25, 0.3) is 0 Å². The third-order valence-corrected chi connectivity index (χ3v) is 15.6. The first-order chi connectivity index (χ1) is 30.9. The van der Waals surface area contributed by atoms with Gasteiger partial charge >= 0.3 is 12.4 Å². The van der Waals surface area contributed by atoms with E-state index >= 15 is 0 Å². The van der Waals surface area contributed by atoms with Crippen molar-refractivity contribution in [2.75, 3.05) is 51.2 Å². The zero-order valence-electron chi connectivity index (χ0n) is 37.0. The molecule has 8 aliphatic rings. The summed E-state index contributed by atoms with van der Waals surface area (Å²) in [6.07, 6.45) is -8.39. The van der Waals surface area contributed by atoms with Gasteiger partial charge in [-0.3, -0.25) is 29.0 Å². The normalized spacial score (nSPS) is 36.6. The largest absolute Gasteiger partial charge is 0.417 e. The second kappa shape index (κ2) is 15.1. The number of carbonyl (C=O) groups excluding carboxylic acids is 4. The molecule has 66 heavy (non-hydrogen) atoms. The molecule has 8 fully saturated rings. The molecule has 2 spiro atoms. The second-order valence-electron chi connectivity index (χ2n) is 19.7. The number of alkyl halides is 6. The van der Waals surface area contributed by atoms with Crippen molar-refractivity contribution in [2.24, 2.45) is 35.5 Å². The van der Waals surface area contributed by atoms with Crippen molar-refractivity contribution in [3.63, 3.8) is 0 Å². The van der Waals surface area contributed by atoms with E-state index in [1.807, 2.05) is 13.8 Å². The van der Waals surface area contributed by atoms with E-state index in [1.165, 1.54) is 31.7 Å². The van der Waals surface area contributed by atoms with Crippen molar-refractivity contribution in [3.8, 4) is 12.1 Å². The lowest BCUT2D eigenvalue weighted by molar-refractivity contribution is -0.155. The van der Waals surface area contributed by atoms with Gasteiger partial charge in [0.2, 0.25) is 23.6 Å².